The molecule has 0 radical (unpaired) electrons. The van der Waals surface area contributed by atoms with Crippen LogP contribution in [-0.2, 0) is 4.74 Å². The van der Waals surface area contributed by atoms with E-state index in [-0.39, 0.29) is 5.82 Å². The van der Waals surface area contributed by atoms with Gasteiger partial charge in [0.1, 0.15) is 11.6 Å². The van der Waals surface area contributed by atoms with E-state index in [2.05, 4.69) is 5.32 Å². The van der Waals surface area contributed by atoms with Gasteiger partial charge in [0.25, 0.3) is 0 Å². The third kappa shape index (κ3) is 2.98. The highest BCUT2D eigenvalue weighted by molar-refractivity contribution is 5.52. The maximum atomic E-state index is 13.9. The SMILES string of the molecule is COCC(CN)(Nc1cc(OC)ccc1F)C1CC1. The fourth-order valence-corrected chi connectivity index (χ4v) is 2.42. The summed E-state index contributed by atoms with van der Waals surface area (Å²) >= 11 is 0. The van der Waals surface area contributed by atoms with Crippen LogP contribution in [0.15, 0.2) is 18.2 Å². The van der Waals surface area contributed by atoms with Crippen LogP contribution in [0.4, 0.5) is 10.1 Å². The Morgan fingerprint density at radius 1 is 1.42 bits per heavy atom. The average Bonchev–Trinajstić information content (AvgIpc) is 3.25. The predicted molar refractivity (Wildman–Crippen MR) is 73.0 cm³/mol. The van der Waals surface area contributed by atoms with Crippen LogP contribution in [0.25, 0.3) is 0 Å². The number of nitrogens with one attached hydrogen (secondary N) is 1. The number of rotatable bonds is 7. The number of hydrogen-bond donors (Lipinski definition) is 2. The lowest BCUT2D eigenvalue weighted by atomic mass is 9.93. The van der Waals surface area contributed by atoms with Crippen molar-refractivity contribution in [2.45, 2.75) is 18.4 Å². The molecular weight excluding hydrogens is 247 g/mol. The quantitative estimate of drug-likeness (QED) is 0.794. The lowest BCUT2D eigenvalue weighted by molar-refractivity contribution is 0.134. The van der Waals surface area contributed by atoms with Crippen LogP contribution in [0.3, 0.4) is 0 Å². The van der Waals surface area contributed by atoms with E-state index < -0.39 is 5.54 Å². The molecule has 2 rings (SSSR count). The molecule has 0 aromatic heterocycles. The summed E-state index contributed by atoms with van der Waals surface area (Å²) in [4.78, 5) is 0. The van der Waals surface area contributed by atoms with Crippen LogP contribution in [0.1, 0.15) is 12.8 Å². The minimum atomic E-state index is -0.401. The van der Waals surface area contributed by atoms with Crippen LogP contribution >= 0.6 is 0 Å². The molecule has 1 aromatic carbocycles. The van der Waals surface area contributed by atoms with Gasteiger partial charge in [-0.3, -0.25) is 0 Å². The first-order valence-corrected chi connectivity index (χ1v) is 6.46. The number of ether oxygens (including phenoxy) is 2. The lowest BCUT2D eigenvalue weighted by Gasteiger charge is -2.34. The van der Waals surface area contributed by atoms with Crippen molar-refractivity contribution in [2.24, 2.45) is 11.7 Å². The summed E-state index contributed by atoms with van der Waals surface area (Å²) in [6, 6.07) is 4.64. The number of halogens is 1. The zero-order chi connectivity index (χ0) is 13.9. The van der Waals surface area contributed by atoms with Gasteiger partial charge in [-0.05, 0) is 30.9 Å². The van der Waals surface area contributed by atoms with E-state index >= 15 is 0 Å². The summed E-state index contributed by atoms with van der Waals surface area (Å²) in [5, 5.41) is 3.24. The number of nitrogens with two attached hydrogens (primary N) is 1. The van der Waals surface area contributed by atoms with Crippen molar-refractivity contribution in [1.29, 1.82) is 0 Å². The molecule has 0 aliphatic heterocycles. The summed E-state index contributed by atoms with van der Waals surface area (Å²) in [7, 11) is 3.19. The molecule has 1 aliphatic carbocycles. The Labute approximate surface area is 113 Å². The molecule has 0 saturated heterocycles. The number of hydrogen-bond acceptors (Lipinski definition) is 4. The molecule has 4 nitrogen and oxygen atoms in total. The van der Waals surface area contributed by atoms with Gasteiger partial charge >= 0.3 is 0 Å². The van der Waals surface area contributed by atoms with E-state index in [4.69, 9.17) is 15.2 Å². The predicted octanol–water partition coefficient (Wildman–Crippen LogP) is 2.00. The summed E-state index contributed by atoms with van der Waals surface area (Å²) in [6.45, 7) is 0.868. The zero-order valence-corrected chi connectivity index (χ0v) is 11.4. The molecule has 1 atom stereocenters. The van der Waals surface area contributed by atoms with E-state index in [0.29, 0.717) is 30.5 Å². The first kappa shape index (κ1) is 14.1. The van der Waals surface area contributed by atoms with Crippen LogP contribution in [0.2, 0.25) is 0 Å². The standard InChI is InChI=1S/C14H21FN2O2/c1-18-9-14(8-16,10-3-4-10)17-13-7-11(19-2)5-6-12(13)15/h5-7,10,17H,3-4,8-9,16H2,1-2H3. The second-order valence-electron chi connectivity index (χ2n) is 5.04. The van der Waals surface area contributed by atoms with Crippen molar-refractivity contribution in [2.75, 3.05) is 32.7 Å². The first-order chi connectivity index (χ1) is 9.15. The lowest BCUT2D eigenvalue weighted by Crippen LogP contribution is -2.51. The number of anilines is 1. The van der Waals surface area contributed by atoms with Crippen molar-refractivity contribution in [3.05, 3.63) is 24.0 Å². The minimum absolute atomic E-state index is 0.310. The molecule has 19 heavy (non-hydrogen) atoms. The molecule has 1 fully saturated rings. The summed E-state index contributed by atoms with van der Waals surface area (Å²) in [5.41, 5.74) is 5.92. The van der Waals surface area contributed by atoms with Gasteiger partial charge in [-0.25, -0.2) is 4.39 Å². The van der Waals surface area contributed by atoms with E-state index in [1.54, 1.807) is 26.4 Å². The topological polar surface area (TPSA) is 56.5 Å². The van der Waals surface area contributed by atoms with E-state index in [1.165, 1.54) is 6.07 Å². The van der Waals surface area contributed by atoms with Gasteiger partial charge in [0.15, 0.2) is 0 Å². The average molecular weight is 268 g/mol. The summed E-state index contributed by atoms with van der Waals surface area (Å²) in [6.07, 6.45) is 2.19. The fraction of sp³-hybridized carbons (Fsp3) is 0.571. The van der Waals surface area contributed by atoms with Gasteiger partial charge in [0.2, 0.25) is 0 Å². The van der Waals surface area contributed by atoms with Crippen LogP contribution in [0, 0.1) is 11.7 Å². The van der Waals surface area contributed by atoms with Crippen molar-refractivity contribution < 1.29 is 13.9 Å². The van der Waals surface area contributed by atoms with Gasteiger partial charge < -0.3 is 20.5 Å². The minimum Gasteiger partial charge on any atom is -0.497 e. The number of benzene rings is 1. The molecule has 0 heterocycles. The van der Waals surface area contributed by atoms with Crippen molar-refractivity contribution in [3.63, 3.8) is 0 Å². The first-order valence-electron chi connectivity index (χ1n) is 6.46. The smallest absolute Gasteiger partial charge is 0.146 e. The Bertz CT molecular complexity index is 437. The highest BCUT2D eigenvalue weighted by Crippen LogP contribution is 2.42. The molecule has 0 amide bonds. The third-order valence-corrected chi connectivity index (χ3v) is 3.68. The molecule has 0 bridgehead atoms. The van der Waals surface area contributed by atoms with E-state index in [0.717, 1.165) is 12.8 Å². The van der Waals surface area contributed by atoms with Crippen molar-refractivity contribution >= 4 is 5.69 Å². The Kier molecular flexibility index (Phi) is 4.27. The molecular formula is C14H21FN2O2. The molecule has 0 spiro atoms. The zero-order valence-electron chi connectivity index (χ0n) is 11.4. The highest BCUT2D eigenvalue weighted by atomic mass is 19.1. The van der Waals surface area contributed by atoms with Crippen molar-refractivity contribution in [3.8, 4) is 5.75 Å². The largest absolute Gasteiger partial charge is 0.497 e. The maximum absolute atomic E-state index is 13.9. The Balaban J connectivity index is 2.25. The fourth-order valence-electron chi connectivity index (χ4n) is 2.42. The van der Waals surface area contributed by atoms with Gasteiger partial charge in [-0.2, -0.15) is 0 Å². The normalized spacial score (nSPS) is 17.9. The molecule has 5 heteroatoms. The Morgan fingerprint density at radius 2 is 2.16 bits per heavy atom. The summed E-state index contributed by atoms with van der Waals surface area (Å²) in [5.74, 6) is 0.737. The van der Waals surface area contributed by atoms with Gasteiger partial charge in [0, 0.05) is 19.7 Å². The van der Waals surface area contributed by atoms with Crippen LogP contribution in [-0.4, -0.2) is 32.9 Å². The highest BCUT2D eigenvalue weighted by Gasteiger charge is 2.44. The molecule has 106 valence electrons. The van der Waals surface area contributed by atoms with Gasteiger partial charge in [-0.15, -0.1) is 0 Å². The van der Waals surface area contributed by atoms with Crippen LogP contribution < -0.4 is 15.8 Å². The van der Waals surface area contributed by atoms with Gasteiger partial charge in [-0.1, -0.05) is 0 Å². The van der Waals surface area contributed by atoms with E-state index in [9.17, 15) is 4.39 Å². The Morgan fingerprint density at radius 3 is 2.68 bits per heavy atom. The molecule has 1 unspecified atom stereocenters. The van der Waals surface area contributed by atoms with Crippen molar-refractivity contribution in [1.82, 2.24) is 0 Å². The number of methoxy groups -OCH3 is 2. The van der Waals surface area contributed by atoms with Crippen LogP contribution in [0.5, 0.6) is 5.75 Å². The second kappa shape index (κ2) is 5.75. The molecule has 1 saturated carbocycles. The van der Waals surface area contributed by atoms with Gasteiger partial charge in [0.05, 0.1) is 24.9 Å². The second-order valence-corrected chi connectivity index (χ2v) is 5.04. The molecule has 3 N–H and O–H groups in total. The molecule has 1 aromatic rings. The van der Waals surface area contributed by atoms with E-state index in [1.807, 2.05) is 0 Å². The third-order valence-electron chi connectivity index (χ3n) is 3.68. The monoisotopic (exact) mass is 268 g/mol. The molecule has 1 aliphatic rings. The Hall–Kier alpha value is -1.33. The maximum Gasteiger partial charge on any atom is 0.146 e. The summed E-state index contributed by atoms with van der Waals surface area (Å²) < 4.78 is 24.3.